The van der Waals surface area contributed by atoms with E-state index in [4.69, 9.17) is 0 Å². The second kappa shape index (κ2) is 4.57. The maximum atomic E-state index is 12.1. The zero-order valence-corrected chi connectivity index (χ0v) is 8.48. The summed E-state index contributed by atoms with van der Waals surface area (Å²) < 4.78 is 40.7. The third-order valence-electron chi connectivity index (χ3n) is 1.52. The van der Waals surface area contributed by atoms with Crippen molar-refractivity contribution in [1.82, 2.24) is 0 Å². The summed E-state index contributed by atoms with van der Waals surface area (Å²) in [6, 6.07) is 5.43. The van der Waals surface area contributed by atoms with Gasteiger partial charge in [0.1, 0.15) is 0 Å². The van der Waals surface area contributed by atoms with Gasteiger partial charge in [-0.15, -0.1) is 0 Å². The Bertz CT molecular complexity index is 363. The van der Waals surface area contributed by atoms with Crippen LogP contribution in [-0.4, -0.2) is 18.6 Å². The molecular formula is C9H7F3O2S. The third kappa shape index (κ3) is 3.47. The molecule has 0 heterocycles. The van der Waals surface area contributed by atoms with Crippen LogP contribution in [0.1, 0.15) is 10.4 Å². The number of rotatable bonds is 2. The first-order valence-electron chi connectivity index (χ1n) is 3.87. The van der Waals surface area contributed by atoms with Gasteiger partial charge in [-0.2, -0.15) is 13.2 Å². The predicted octanol–water partition coefficient (Wildman–Crippen LogP) is 3.09. The van der Waals surface area contributed by atoms with Crippen LogP contribution < -0.4 is 0 Å². The minimum Gasteiger partial charge on any atom is -0.465 e. The molecule has 0 amide bonds. The molecule has 1 aromatic rings. The van der Waals surface area contributed by atoms with E-state index in [1.54, 1.807) is 0 Å². The van der Waals surface area contributed by atoms with Crippen molar-refractivity contribution < 1.29 is 22.7 Å². The summed E-state index contributed by atoms with van der Waals surface area (Å²) in [4.78, 5) is 11.0. The Kier molecular flexibility index (Phi) is 3.62. The number of hydrogen-bond acceptors (Lipinski definition) is 3. The molecule has 6 heteroatoms. The number of thioether (sulfide) groups is 1. The van der Waals surface area contributed by atoms with Gasteiger partial charge < -0.3 is 4.74 Å². The molecule has 0 aliphatic carbocycles. The summed E-state index contributed by atoms with van der Waals surface area (Å²) in [5.41, 5.74) is -4.49. The fraction of sp³-hybridized carbons (Fsp3) is 0.222. The molecule has 0 spiro atoms. The molecule has 2 nitrogen and oxygen atoms in total. The molecule has 0 aliphatic heterocycles. The molecule has 82 valence electrons. The summed E-state index contributed by atoms with van der Waals surface area (Å²) in [6.07, 6.45) is 0. The molecule has 0 saturated heterocycles. The van der Waals surface area contributed by atoms with Crippen molar-refractivity contribution in [2.75, 3.05) is 7.11 Å². The van der Waals surface area contributed by atoms with Gasteiger partial charge in [0.2, 0.25) is 0 Å². The number of ether oxygens (including phenoxy) is 1. The highest BCUT2D eigenvalue weighted by Gasteiger charge is 2.31. The zero-order chi connectivity index (χ0) is 11.5. The molecule has 0 bridgehead atoms. The Labute approximate surface area is 88.4 Å². The average Bonchev–Trinajstić information content (AvgIpc) is 2.15. The number of alkyl halides is 3. The highest BCUT2D eigenvalue weighted by Crippen LogP contribution is 2.38. The number of methoxy groups -OCH3 is 1. The molecule has 0 aromatic heterocycles. The fourth-order valence-corrected chi connectivity index (χ4v) is 1.62. The minimum atomic E-state index is -4.41. The lowest BCUT2D eigenvalue weighted by molar-refractivity contribution is -0.0328. The van der Waals surface area contributed by atoms with Crippen molar-refractivity contribution in [3.8, 4) is 0 Å². The van der Waals surface area contributed by atoms with Crippen LogP contribution in [0.3, 0.4) is 0 Å². The van der Waals surface area contributed by atoms with Gasteiger partial charge in [0.05, 0.1) is 12.7 Å². The number of hydrogen-bond donors (Lipinski definition) is 0. The lowest BCUT2D eigenvalue weighted by Gasteiger charge is -2.08. The maximum Gasteiger partial charge on any atom is 0.446 e. The maximum absolute atomic E-state index is 12.1. The second-order valence-electron chi connectivity index (χ2n) is 2.54. The zero-order valence-electron chi connectivity index (χ0n) is 7.67. The normalized spacial score (nSPS) is 11.2. The van der Waals surface area contributed by atoms with Crippen LogP contribution in [0, 0.1) is 0 Å². The standard InChI is InChI=1S/C9H7F3O2S/c1-14-8(13)6-4-2-3-5-7(6)15-9(10,11)12/h2-5H,1H3. The SMILES string of the molecule is COC(=O)c1ccccc1SC(F)(F)F. The summed E-state index contributed by atoms with van der Waals surface area (Å²) in [6.45, 7) is 0. The van der Waals surface area contributed by atoms with Gasteiger partial charge in [0.25, 0.3) is 0 Å². The molecule has 15 heavy (non-hydrogen) atoms. The van der Waals surface area contributed by atoms with Crippen molar-refractivity contribution >= 4 is 17.7 Å². The molecule has 0 aliphatic rings. The van der Waals surface area contributed by atoms with E-state index in [1.807, 2.05) is 0 Å². The monoisotopic (exact) mass is 236 g/mol. The van der Waals surface area contributed by atoms with E-state index < -0.39 is 11.5 Å². The van der Waals surface area contributed by atoms with Gasteiger partial charge in [-0.1, -0.05) is 12.1 Å². The Balaban J connectivity index is 3.02. The molecule has 0 fully saturated rings. The first kappa shape index (κ1) is 11.9. The van der Waals surface area contributed by atoms with Crippen LogP contribution in [0.15, 0.2) is 29.2 Å². The Morgan fingerprint density at radius 3 is 2.47 bits per heavy atom. The fourth-order valence-electron chi connectivity index (χ4n) is 0.959. The number of halogens is 3. The van der Waals surface area contributed by atoms with Crippen LogP contribution in [0.25, 0.3) is 0 Å². The molecule has 0 atom stereocenters. The third-order valence-corrected chi connectivity index (χ3v) is 2.33. The van der Waals surface area contributed by atoms with Crippen molar-refractivity contribution in [2.24, 2.45) is 0 Å². The van der Waals surface area contributed by atoms with E-state index >= 15 is 0 Å². The molecule has 0 unspecified atom stereocenters. The largest absolute Gasteiger partial charge is 0.465 e. The predicted molar refractivity (Wildman–Crippen MR) is 49.7 cm³/mol. The molecule has 1 rings (SSSR count). The lowest BCUT2D eigenvalue weighted by Crippen LogP contribution is -2.06. The van der Waals surface area contributed by atoms with Gasteiger partial charge in [-0.05, 0) is 23.9 Å². The van der Waals surface area contributed by atoms with Gasteiger partial charge in [-0.3, -0.25) is 0 Å². The van der Waals surface area contributed by atoms with Crippen LogP contribution in [0.2, 0.25) is 0 Å². The number of esters is 1. The number of carbonyl (C=O) groups excluding carboxylic acids is 1. The van der Waals surface area contributed by atoms with Crippen LogP contribution in [0.5, 0.6) is 0 Å². The Morgan fingerprint density at radius 1 is 1.33 bits per heavy atom. The highest BCUT2D eigenvalue weighted by atomic mass is 32.2. The quantitative estimate of drug-likeness (QED) is 0.583. The minimum absolute atomic E-state index is 0.0812. The van der Waals surface area contributed by atoms with Gasteiger partial charge in [0.15, 0.2) is 0 Å². The molecule has 1 aromatic carbocycles. The molecule has 0 saturated carbocycles. The van der Waals surface area contributed by atoms with E-state index in [9.17, 15) is 18.0 Å². The number of carbonyl (C=O) groups is 1. The molecular weight excluding hydrogens is 229 g/mol. The van der Waals surface area contributed by atoms with Gasteiger partial charge in [0, 0.05) is 4.90 Å². The molecule has 0 radical (unpaired) electrons. The van der Waals surface area contributed by atoms with E-state index in [0.29, 0.717) is 0 Å². The van der Waals surface area contributed by atoms with Crippen LogP contribution in [-0.2, 0) is 4.74 Å². The smallest absolute Gasteiger partial charge is 0.446 e. The summed E-state index contributed by atoms with van der Waals surface area (Å²) in [5.74, 6) is -0.776. The first-order valence-corrected chi connectivity index (χ1v) is 4.69. The van der Waals surface area contributed by atoms with Gasteiger partial charge >= 0.3 is 11.5 Å². The van der Waals surface area contributed by atoms with E-state index in [-0.39, 0.29) is 22.2 Å². The average molecular weight is 236 g/mol. The van der Waals surface area contributed by atoms with Crippen molar-refractivity contribution in [3.63, 3.8) is 0 Å². The number of benzene rings is 1. The topological polar surface area (TPSA) is 26.3 Å². The van der Waals surface area contributed by atoms with Crippen LogP contribution >= 0.6 is 11.8 Å². The molecule has 0 N–H and O–H groups in total. The van der Waals surface area contributed by atoms with Crippen molar-refractivity contribution in [2.45, 2.75) is 10.4 Å². The first-order chi connectivity index (χ1) is 6.94. The lowest BCUT2D eigenvalue weighted by atomic mass is 10.2. The second-order valence-corrected chi connectivity index (χ2v) is 3.64. The van der Waals surface area contributed by atoms with E-state index in [2.05, 4.69) is 4.74 Å². The Hall–Kier alpha value is -1.17. The summed E-state index contributed by atoms with van der Waals surface area (Å²) in [7, 11) is 1.12. The van der Waals surface area contributed by atoms with Crippen molar-refractivity contribution in [1.29, 1.82) is 0 Å². The van der Waals surface area contributed by atoms with E-state index in [0.717, 1.165) is 7.11 Å². The van der Waals surface area contributed by atoms with Gasteiger partial charge in [-0.25, -0.2) is 4.79 Å². The summed E-state index contributed by atoms with van der Waals surface area (Å²) >= 11 is -0.330. The van der Waals surface area contributed by atoms with Crippen LogP contribution in [0.4, 0.5) is 13.2 Å². The Morgan fingerprint density at radius 2 is 1.93 bits per heavy atom. The highest BCUT2D eigenvalue weighted by molar-refractivity contribution is 8.00. The van der Waals surface area contributed by atoms with Crippen molar-refractivity contribution in [3.05, 3.63) is 29.8 Å². The van der Waals surface area contributed by atoms with E-state index in [1.165, 1.54) is 24.3 Å². The summed E-state index contributed by atoms with van der Waals surface area (Å²) in [5, 5.41) is 0.